The predicted octanol–water partition coefficient (Wildman–Crippen LogP) is 2.50. The van der Waals surface area contributed by atoms with E-state index in [1.165, 1.54) is 4.31 Å². The van der Waals surface area contributed by atoms with Crippen LogP contribution in [-0.4, -0.2) is 48.9 Å². The van der Waals surface area contributed by atoms with Gasteiger partial charge in [-0.05, 0) is 30.2 Å². The summed E-state index contributed by atoms with van der Waals surface area (Å²) in [5.41, 5.74) is 1.57. The van der Waals surface area contributed by atoms with Gasteiger partial charge in [-0.2, -0.15) is 0 Å². The lowest BCUT2D eigenvalue weighted by Crippen LogP contribution is -2.47. The van der Waals surface area contributed by atoms with Crippen molar-refractivity contribution in [3.8, 4) is 0 Å². The number of nitrogens with zero attached hydrogens (tertiary/aromatic N) is 2. The zero-order chi connectivity index (χ0) is 18.4. The molecule has 2 heterocycles. The molecule has 2 aliphatic heterocycles. The first-order chi connectivity index (χ1) is 12.4. The van der Waals surface area contributed by atoms with Crippen LogP contribution >= 0.6 is 11.6 Å². The normalized spacial score (nSPS) is 28.1. The maximum Gasteiger partial charge on any atom is 0.244 e. The summed E-state index contributed by atoms with van der Waals surface area (Å²) in [5.74, 6) is 0. The Bertz CT molecular complexity index is 906. The summed E-state index contributed by atoms with van der Waals surface area (Å²) in [6.45, 7) is 1.61. The first-order valence-corrected chi connectivity index (χ1v) is 10.5. The Morgan fingerprint density at radius 1 is 1.12 bits per heavy atom. The molecular formula is C19H21ClN2O3S. The third-order valence-corrected chi connectivity index (χ3v) is 8.43. The number of benzene rings is 2. The van der Waals surface area contributed by atoms with E-state index in [2.05, 4.69) is 4.90 Å². The number of hydrogen-bond acceptors (Lipinski definition) is 4. The molecule has 0 aromatic heterocycles. The number of para-hydroxylation sites is 1. The summed E-state index contributed by atoms with van der Waals surface area (Å²) in [4.78, 5) is 2.07. The van der Waals surface area contributed by atoms with Crippen molar-refractivity contribution in [1.82, 2.24) is 4.90 Å². The van der Waals surface area contributed by atoms with E-state index in [-0.39, 0.29) is 6.54 Å². The first-order valence-electron chi connectivity index (χ1n) is 8.65. The Morgan fingerprint density at radius 2 is 1.81 bits per heavy atom. The lowest BCUT2D eigenvalue weighted by atomic mass is 10.0. The summed E-state index contributed by atoms with van der Waals surface area (Å²) < 4.78 is 26.8. The second-order valence-corrected chi connectivity index (χ2v) is 9.62. The van der Waals surface area contributed by atoms with Crippen LogP contribution in [0.4, 0.5) is 5.69 Å². The Morgan fingerprint density at radius 3 is 2.54 bits per heavy atom. The van der Waals surface area contributed by atoms with Gasteiger partial charge in [0.25, 0.3) is 0 Å². The minimum absolute atomic E-state index is 0.103. The molecule has 7 heteroatoms. The van der Waals surface area contributed by atoms with E-state index in [1.807, 2.05) is 30.3 Å². The van der Waals surface area contributed by atoms with Crippen LogP contribution in [0.25, 0.3) is 0 Å². The van der Waals surface area contributed by atoms with Crippen molar-refractivity contribution in [3.05, 3.63) is 65.2 Å². The summed E-state index contributed by atoms with van der Waals surface area (Å²) in [6.07, 6.45) is -0.492. The van der Waals surface area contributed by atoms with Gasteiger partial charge >= 0.3 is 0 Å². The lowest BCUT2D eigenvalue weighted by molar-refractivity contribution is 0.143. The molecule has 0 saturated carbocycles. The molecule has 0 unspecified atom stereocenters. The van der Waals surface area contributed by atoms with Crippen molar-refractivity contribution >= 4 is 27.3 Å². The Kier molecular flexibility index (Phi) is 4.47. The number of aliphatic hydroxyl groups excluding tert-OH is 1. The minimum atomic E-state index is -3.66. The fraction of sp³-hybridized carbons (Fsp3) is 0.368. The number of β-amino-alcohol motifs (C(OH)–C–C–N with tert-alkyl or cyclic N) is 1. The average molecular weight is 393 g/mol. The van der Waals surface area contributed by atoms with Crippen LogP contribution in [0.1, 0.15) is 12.0 Å². The van der Waals surface area contributed by atoms with E-state index in [1.54, 1.807) is 24.3 Å². The van der Waals surface area contributed by atoms with Gasteiger partial charge in [0.05, 0.1) is 18.3 Å². The predicted molar refractivity (Wildman–Crippen MR) is 103 cm³/mol. The molecule has 2 saturated heterocycles. The molecule has 2 aliphatic rings. The third-order valence-electron chi connectivity index (χ3n) is 5.49. The highest BCUT2D eigenvalue weighted by Crippen LogP contribution is 2.43. The molecule has 0 amide bonds. The smallest absolute Gasteiger partial charge is 0.244 e. The van der Waals surface area contributed by atoms with Crippen molar-refractivity contribution in [2.24, 2.45) is 0 Å². The van der Waals surface area contributed by atoms with E-state index in [9.17, 15) is 13.5 Å². The van der Waals surface area contributed by atoms with Crippen LogP contribution in [0.5, 0.6) is 0 Å². The molecule has 138 valence electrons. The van der Waals surface area contributed by atoms with E-state index in [0.29, 0.717) is 36.8 Å². The highest BCUT2D eigenvalue weighted by molar-refractivity contribution is 7.94. The molecular weight excluding hydrogens is 372 g/mol. The minimum Gasteiger partial charge on any atom is -0.389 e. The monoisotopic (exact) mass is 392 g/mol. The van der Waals surface area contributed by atoms with Gasteiger partial charge in [0.1, 0.15) is 4.75 Å². The van der Waals surface area contributed by atoms with Gasteiger partial charge in [-0.3, -0.25) is 9.21 Å². The average Bonchev–Trinajstić information content (AvgIpc) is 3.15. The molecule has 2 aromatic rings. The maximum atomic E-state index is 13.3. The van der Waals surface area contributed by atoms with Crippen LogP contribution in [0.3, 0.4) is 0 Å². The summed E-state index contributed by atoms with van der Waals surface area (Å²) in [7, 11) is -3.66. The quantitative estimate of drug-likeness (QED) is 0.871. The fourth-order valence-electron chi connectivity index (χ4n) is 4.02. The van der Waals surface area contributed by atoms with Gasteiger partial charge in [-0.15, -0.1) is 0 Å². The van der Waals surface area contributed by atoms with Gasteiger partial charge in [0.15, 0.2) is 0 Å². The van der Waals surface area contributed by atoms with E-state index in [4.69, 9.17) is 11.6 Å². The van der Waals surface area contributed by atoms with Crippen LogP contribution in [0.15, 0.2) is 54.6 Å². The van der Waals surface area contributed by atoms with Crippen molar-refractivity contribution in [3.63, 3.8) is 0 Å². The number of rotatable bonds is 3. The van der Waals surface area contributed by atoms with Gasteiger partial charge in [0.2, 0.25) is 10.0 Å². The fourth-order valence-corrected chi connectivity index (χ4v) is 6.50. The zero-order valence-corrected chi connectivity index (χ0v) is 15.8. The molecule has 0 radical (unpaired) electrons. The molecule has 5 nitrogen and oxygen atoms in total. The van der Waals surface area contributed by atoms with Gasteiger partial charge in [-0.25, -0.2) is 8.42 Å². The van der Waals surface area contributed by atoms with Crippen LogP contribution in [0.2, 0.25) is 5.02 Å². The SMILES string of the molecule is O=S1(=O)N(c2ccccc2)C[C@H](O)[C@]12CCN(Cc1ccccc1Cl)C2. The second-order valence-electron chi connectivity index (χ2n) is 7.00. The molecule has 4 rings (SSSR count). The van der Waals surface area contributed by atoms with Crippen LogP contribution < -0.4 is 4.31 Å². The molecule has 2 fully saturated rings. The number of sulfonamides is 1. The van der Waals surface area contributed by atoms with E-state index >= 15 is 0 Å². The van der Waals surface area contributed by atoms with Crippen LogP contribution in [-0.2, 0) is 16.6 Å². The van der Waals surface area contributed by atoms with Gasteiger partial charge < -0.3 is 5.11 Å². The van der Waals surface area contributed by atoms with Gasteiger partial charge in [0, 0.05) is 24.7 Å². The number of halogens is 1. The summed E-state index contributed by atoms with van der Waals surface area (Å²) >= 11 is 6.24. The van der Waals surface area contributed by atoms with Crippen molar-refractivity contribution in [1.29, 1.82) is 0 Å². The second kappa shape index (κ2) is 6.53. The highest BCUT2D eigenvalue weighted by Gasteiger charge is 2.61. The number of aliphatic hydroxyl groups is 1. The molecule has 2 aromatic carbocycles. The van der Waals surface area contributed by atoms with Crippen LogP contribution in [0, 0.1) is 0 Å². The maximum absolute atomic E-state index is 13.3. The topological polar surface area (TPSA) is 60.9 Å². The van der Waals surface area contributed by atoms with E-state index < -0.39 is 20.9 Å². The molecule has 0 aliphatic carbocycles. The largest absolute Gasteiger partial charge is 0.389 e. The zero-order valence-electron chi connectivity index (χ0n) is 14.3. The molecule has 2 atom stereocenters. The summed E-state index contributed by atoms with van der Waals surface area (Å²) in [6, 6.07) is 16.6. The van der Waals surface area contributed by atoms with Crippen molar-refractivity contribution in [2.75, 3.05) is 23.9 Å². The Balaban J connectivity index is 1.60. The number of anilines is 1. The molecule has 1 N–H and O–H groups in total. The first kappa shape index (κ1) is 17.8. The molecule has 1 spiro atoms. The summed E-state index contributed by atoms with van der Waals surface area (Å²) in [5, 5.41) is 11.4. The Labute approximate surface area is 158 Å². The highest BCUT2D eigenvalue weighted by atomic mass is 35.5. The lowest BCUT2D eigenvalue weighted by Gasteiger charge is -2.27. The van der Waals surface area contributed by atoms with E-state index in [0.717, 1.165) is 5.56 Å². The number of hydrogen-bond donors (Lipinski definition) is 1. The Hall–Kier alpha value is -1.60. The molecule has 0 bridgehead atoms. The molecule has 26 heavy (non-hydrogen) atoms. The third kappa shape index (κ3) is 2.72. The van der Waals surface area contributed by atoms with Crippen molar-refractivity contribution in [2.45, 2.75) is 23.8 Å². The van der Waals surface area contributed by atoms with Gasteiger partial charge in [-0.1, -0.05) is 48.0 Å². The van der Waals surface area contributed by atoms with Crippen molar-refractivity contribution < 1.29 is 13.5 Å². The number of likely N-dealkylation sites (tertiary alicyclic amines) is 1. The standard InChI is InChI=1S/C19H21ClN2O3S/c20-17-9-5-4-6-15(17)12-21-11-10-19(14-21)18(23)13-22(26(19,24)25)16-7-2-1-3-8-16/h1-9,18,23H,10-14H2/t18-,19+/m0/s1.